The summed E-state index contributed by atoms with van der Waals surface area (Å²) in [5, 5.41) is 0. The molecular formula is C18H38O2. The van der Waals surface area contributed by atoms with Gasteiger partial charge in [0.05, 0.1) is 18.8 Å². The molecule has 2 heteroatoms. The lowest BCUT2D eigenvalue weighted by Gasteiger charge is -2.28. The molecule has 2 aliphatic rings. The molecule has 0 aromatic heterocycles. The smallest absolute Gasteiger partial charge is 0.0862 e. The summed E-state index contributed by atoms with van der Waals surface area (Å²) in [6, 6.07) is 0. The van der Waals surface area contributed by atoms with E-state index in [1.54, 1.807) is 0 Å². The summed E-state index contributed by atoms with van der Waals surface area (Å²) in [4.78, 5) is 0. The minimum Gasteiger partial charge on any atom is -0.381 e. The van der Waals surface area contributed by atoms with E-state index in [0.717, 1.165) is 6.61 Å². The van der Waals surface area contributed by atoms with E-state index in [1.165, 1.54) is 31.3 Å². The fourth-order valence-electron chi connectivity index (χ4n) is 2.15. The van der Waals surface area contributed by atoms with Crippen LogP contribution in [0.15, 0.2) is 11.6 Å². The first-order valence-corrected chi connectivity index (χ1v) is 8.43. The molecule has 2 rings (SSSR count). The molecule has 1 heterocycles. The lowest BCUT2D eigenvalue weighted by molar-refractivity contribution is 0.0125. The third-order valence-electron chi connectivity index (χ3n) is 3.47. The Balaban J connectivity index is 0. The maximum Gasteiger partial charge on any atom is 0.0862 e. The van der Waals surface area contributed by atoms with Crippen LogP contribution in [0.2, 0.25) is 0 Å². The van der Waals surface area contributed by atoms with E-state index in [1.807, 2.05) is 41.7 Å². The number of epoxide rings is 1. The van der Waals surface area contributed by atoms with Gasteiger partial charge in [0, 0.05) is 13.0 Å². The maximum atomic E-state index is 5.43. The summed E-state index contributed by atoms with van der Waals surface area (Å²) in [5.41, 5.74) is 1.38. The van der Waals surface area contributed by atoms with Crippen molar-refractivity contribution < 1.29 is 9.47 Å². The van der Waals surface area contributed by atoms with E-state index in [9.17, 15) is 0 Å². The maximum absolute atomic E-state index is 5.43. The van der Waals surface area contributed by atoms with Crippen LogP contribution in [0, 0.1) is 5.92 Å². The summed E-state index contributed by atoms with van der Waals surface area (Å²) in [7, 11) is 1.82. The van der Waals surface area contributed by atoms with E-state index >= 15 is 0 Å². The molecule has 0 radical (unpaired) electrons. The third kappa shape index (κ3) is 10.4. The summed E-state index contributed by atoms with van der Waals surface area (Å²) in [6.07, 6.45) is 8.35. The monoisotopic (exact) mass is 286 g/mol. The average Bonchev–Trinajstić information content (AvgIpc) is 3.36. The number of hydrogen-bond acceptors (Lipinski definition) is 2. The zero-order chi connectivity index (χ0) is 16.0. The van der Waals surface area contributed by atoms with Crippen LogP contribution in [0.3, 0.4) is 0 Å². The van der Waals surface area contributed by atoms with Crippen molar-refractivity contribution in [3.05, 3.63) is 11.6 Å². The van der Waals surface area contributed by atoms with Crippen molar-refractivity contribution in [1.82, 2.24) is 0 Å². The van der Waals surface area contributed by atoms with Gasteiger partial charge in [-0.1, -0.05) is 52.2 Å². The molecule has 2 nitrogen and oxygen atoms in total. The molecule has 1 saturated carbocycles. The molecule has 0 bridgehead atoms. The molecule has 1 aliphatic carbocycles. The predicted octanol–water partition coefficient (Wildman–Crippen LogP) is 5.62. The van der Waals surface area contributed by atoms with Crippen LogP contribution in [-0.2, 0) is 9.47 Å². The topological polar surface area (TPSA) is 21.8 Å². The van der Waals surface area contributed by atoms with Gasteiger partial charge < -0.3 is 9.47 Å². The lowest BCUT2D eigenvalue weighted by Crippen LogP contribution is -2.30. The summed E-state index contributed by atoms with van der Waals surface area (Å²) < 4.78 is 10.7. The Morgan fingerprint density at radius 1 is 1.05 bits per heavy atom. The molecule has 3 unspecified atom stereocenters. The van der Waals surface area contributed by atoms with E-state index in [4.69, 9.17) is 9.47 Å². The molecule has 2 fully saturated rings. The fourth-order valence-corrected chi connectivity index (χ4v) is 2.15. The Hall–Kier alpha value is -0.340. The Kier molecular flexibility index (Phi) is 16.5. The Morgan fingerprint density at radius 2 is 1.50 bits per heavy atom. The van der Waals surface area contributed by atoms with E-state index < -0.39 is 0 Å². The summed E-state index contributed by atoms with van der Waals surface area (Å²) >= 11 is 0. The van der Waals surface area contributed by atoms with Gasteiger partial charge in [0.25, 0.3) is 0 Å². The molecular weight excluding hydrogens is 248 g/mol. The van der Waals surface area contributed by atoms with Gasteiger partial charge in [0.2, 0.25) is 0 Å². The predicted molar refractivity (Wildman–Crippen MR) is 90.3 cm³/mol. The van der Waals surface area contributed by atoms with Crippen LogP contribution >= 0.6 is 0 Å². The van der Waals surface area contributed by atoms with E-state index in [2.05, 4.69) is 19.9 Å². The molecule has 0 aromatic rings. The van der Waals surface area contributed by atoms with Crippen LogP contribution in [0.1, 0.15) is 74.1 Å². The second-order valence-corrected chi connectivity index (χ2v) is 4.96. The Bertz CT molecular complexity index is 215. The van der Waals surface area contributed by atoms with Gasteiger partial charge in [0.1, 0.15) is 0 Å². The van der Waals surface area contributed by atoms with Crippen LogP contribution in [0.25, 0.3) is 0 Å². The highest BCUT2D eigenvalue weighted by Crippen LogP contribution is 2.34. The van der Waals surface area contributed by atoms with E-state index in [0.29, 0.717) is 18.1 Å². The van der Waals surface area contributed by atoms with Crippen molar-refractivity contribution in [3.8, 4) is 0 Å². The van der Waals surface area contributed by atoms with Crippen molar-refractivity contribution in [2.75, 3.05) is 13.7 Å². The van der Waals surface area contributed by atoms with Gasteiger partial charge in [-0.15, -0.1) is 0 Å². The van der Waals surface area contributed by atoms with Gasteiger partial charge in [-0.3, -0.25) is 0 Å². The highest BCUT2D eigenvalue weighted by atomic mass is 16.6. The van der Waals surface area contributed by atoms with Crippen LogP contribution in [-0.4, -0.2) is 25.9 Å². The fraction of sp³-hybridized carbons (Fsp3) is 0.889. The molecule has 20 heavy (non-hydrogen) atoms. The van der Waals surface area contributed by atoms with Gasteiger partial charge >= 0.3 is 0 Å². The van der Waals surface area contributed by atoms with Gasteiger partial charge in [-0.2, -0.15) is 0 Å². The van der Waals surface area contributed by atoms with Crippen molar-refractivity contribution in [1.29, 1.82) is 0 Å². The Labute approximate surface area is 127 Å². The second-order valence-electron chi connectivity index (χ2n) is 4.96. The molecule has 0 aromatic carbocycles. The SMILES string of the molecule is CC.CC.CC=C(C)C.COC1CCCCC1C1CO1. The minimum atomic E-state index is 0.483. The second kappa shape index (κ2) is 15.1. The number of ether oxygens (including phenoxy) is 2. The molecule has 3 atom stereocenters. The first kappa shape index (κ1) is 21.9. The lowest BCUT2D eigenvalue weighted by atomic mass is 9.84. The van der Waals surface area contributed by atoms with Crippen LogP contribution < -0.4 is 0 Å². The standard InChI is InChI=1S/C9H16O2.C5H10.2C2H6/c1-10-8-5-3-2-4-7(8)9-6-11-9;1-4-5(2)3;2*1-2/h7-9H,2-6H2,1H3;4H,1-3H3;2*1-2H3. The summed E-state index contributed by atoms with van der Waals surface area (Å²) in [5.74, 6) is 0.703. The van der Waals surface area contributed by atoms with Gasteiger partial charge in [-0.05, 0) is 33.6 Å². The number of allylic oxidation sites excluding steroid dienone is 2. The zero-order valence-corrected chi connectivity index (χ0v) is 15.2. The number of methoxy groups -OCH3 is 1. The Morgan fingerprint density at radius 3 is 1.85 bits per heavy atom. The quantitative estimate of drug-likeness (QED) is 0.486. The van der Waals surface area contributed by atoms with Crippen LogP contribution in [0.4, 0.5) is 0 Å². The van der Waals surface area contributed by atoms with Crippen molar-refractivity contribution in [2.45, 2.75) is 86.4 Å². The van der Waals surface area contributed by atoms with Crippen molar-refractivity contribution in [3.63, 3.8) is 0 Å². The normalized spacial score (nSPS) is 26.5. The average molecular weight is 286 g/mol. The molecule has 0 N–H and O–H groups in total. The van der Waals surface area contributed by atoms with Crippen LogP contribution in [0.5, 0.6) is 0 Å². The van der Waals surface area contributed by atoms with Crippen molar-refractivity contribution >= 4 is 0 Å². The van der Waals surface area contributed by atoms with Crippen molar-refractivity contribution in [2.24, 2.45) is 5.92 Å². The summed E-state index contributed by atoms with van der Waals surface area (Å²) in [6.45, 7) is 15.2. The molecule has 1 aliphatic heterocycles. The van der Waals surface area contributed by atoms with E-state index in [-0.39, 0.29) is 0 Å². The zero-order valence-electron chi connectivity index (χ0n) is 15.2. The highest BCUT2D eigenvalue weighted by molar-refractivity contribution is 4.89. The van der Waals surface area contributed by atoms with Gasteiger partial charge in [0.15, 0.2) is 0 Å². The minimum absolute atomic E-state index is 0.483. The number of rotatable bonds is 2. The molecule has 122 valence electrons. The molecule has 1 saturated heterocycles. The molecule has 0 amide bonds. The number of hydrogen-bond donors (Lipinski definition) is 0. The first-order valence-electron chi connectivity index (χ1n) is 8.43. The molecule has 0 spiro atoms. The first-order chi connectivity index (χ1) is 9.69. The van der Waals surface area contributed by atoms with Gasteiger partial charge in [-0.25, -0.2) is 0 Å². The highest BCUT2D eigenvalue weighted by Gasteiger charge is 2.39. The third-order valence-corrected chi connectivity index (χ3v) is 3.47. The largest absolute Gasteiger partial charge is 0.381 e.